The molecule has 198 valence electrons. The number of carbonyl (C=O) groups is 1. The Labute approximate surface area is 233 Å². The summed E-state index contributed by atoms with van der Waals surface area (Å²) in [6.45, 7) is 6.68. The third-order valence-electron chi connectivity index (χ3n) is 7.96. The number of benzene rings is 2. The quantitative estimate of drug-likeness (QED) is 0.178. The number of thioether (sulfide) groups is 1. The molecule has 1 saturated carbocycles. The van der Waals surface area contributed by atoms with Gasteiger partial charge in [-0.15, -0.1) is 22.6 Å². The van der Waals surface area contributed by atoms with Crippen LogP contribution in [0.2, 0.25) is 0 Å². The van der Waals surface area contributed by atoms with E-state index in [0.717, 1.165) is 64.9 Å². The number of piperidine rings is 1. The Balaban J connectivity index is 0.00000294. The molecule has 0 amide bonds. The number of halogens is 1. The van der Waals surface area contributed by atoms with Gasteiger partial charge < -0.3 is 14.6 Å². The highest BCUT2D eigenvalue weighted by Gasteiger charge is 2.60. The SMILES string of the molecule is CC(=O)c1cc([C@]23C[C@H]2CN(CCCSc2nnc(-c4cccc5nc(C)ccc45)n2C)C3)ccc1O.Cl. The van der Waals surface area contributed by atoms with E-state index in [1.54, 1.807) is 17.8 Å². The normalized spacial score (nSPS) is 20.3. The average molecular weight is 550 g/mol. The first-order valence-electron chi connectivity index (χ1n) is 12.8. The summed E-state index contributed by atoms with van der Waals surface area (Å²) in [6.07, 6.45) is 2.24. The summed E-state index contributed by atoms with van der Waals surface area (Å²) >= 11 is 1.75. The zero-order chi connectivity index (χ0) is 25.7. The second kappa shape index (κ2) is 10.3. The van der Waals surface area contributed by atoms with Crippen molar-refractivity contribution in [1.29, 1.82) is 0 Å². The second-order valence-corrected chi connectivity index (χ2v) is 11.5. The van der Waals surface area contributed by atoms with Gasteiger partial charge in [0, 0.05) is 47.9 Å². The molecule has 6 rings (SSSR count). The molecule has 1 N–H and O–H groups in total. The van der Waals surface area contributed by atoms with E-state index in [-0.39, 0.29) is 29.4 Å². The van der Waals surface area contributed by atoms with E-state index in [1.807, 2.05) is 44.3 Å². The van der Waals surface area contributed by atoms with Gasteiger partial charge in [0.2, 0.25) is 0 Å². The van der Waals surface area contributed by atoms with Crippen molar-refractivity contribution < 1.29 is 9.90 Å². The van der Waals surface area contributed by atoms with Gasteiger partial charge in [0.1, 0.15) is 5.75 Å². The van der Waals surface area contributed by atoms with Crippen LogP contribution in [0, 0.1) is 12.8 Å². The number of likely N-dealkylation sites (tertiary alicyclic amines) is 1. The summed E-state index contributed by atoms with van der Waals surface area (Å²) in [5, 5.41) is 21.0. The molecule has 1 saturated heterocycles. The number of carbonyl (C=O) groups excluding carboxylic acids is 1. The summed E-state index contributed by atoms with van der Waals surface area (Å²) in [7, 11) is 2.03. The highest BCUT2D eigenvalue weighted by atomic mass is 35.5. The standard InChI is InChI=1S/C29H31N5O2S.ClH/c1-18-8-10-22-23(6-4-7-25(22)30-18)27-31-32-28(33(27)3)37-13-5-12-34-16-21-15-29(21,17-34)20-9-11-26(36)24(14-20)19(2)35;/h4,6-11,14,21,36H,5,12-13,15-17H2,1-3H3;1H/t21-,29+;/m0./s1. The first-order valence-corrected chi connectivity index (χ1v) is 13.8. The van der Waals surface area contributed by atoms with Gasteiger partial charge >= 0.3 is 0 Å². The van der Waals surface area contributed by atoms with Gasteiger partial charge in [-0.25, -0.2) is 0 Å². The highest BCUT2D eigenvalue weighted by Crippen LogP contribution is 2.59. The van der Waals surface area contributed by atoms with Crippen LogP contribution in [-0.4, -0.2) is 60.9 Å². The van der Waals surface area contributed by atoms with Crippen molar-refractivity contribution in [2.75, 3.05) is 25.4 Å². The van der Waals surface area contributed by atoms with Crippen molar-refractivity contribution in [3.8, 4) is 17.1 Å². The summed E-state index contributed by atoms with van der Waals surface area (Å²) in [6, 6.07) is 15.9. The molecule has 2 aliphatic rings. The number of ketones is 1. The van der Waals surface area contributed by atoms with Crippen molar-refractivity contribution in [2.24, 2.45) is 13.0 Å². The van der Waals surface area contributed by atoms with E-state index >= 15 is 0 Å². The number of nitrogens with zero attached hydrogens (tertiary/aromatic N) is 5. The van der Waals surface area contributed by atoms with Crippen LogP contribution >= 0.6 is 24.2 Å². The molecule has 38 heavy (non-hydrogen) atoms. The van der Waals surface area contributed by atoms with Gasteiger partial charge in [0.05, 0.1) is 11.1 Å². The molecule has 2 aromatic carbocycles. The molecule has 1 aliphatic heterocycles. The van der Waals surface area contributed by atoms with Gasteiger partial charge in [-0.1, -0.05) is 36.0 Å². The van der Waals surface area contributed by atoms with Gasteiger partial charge in [-0.3, -0.25) is 9.78 Å². The Morgan fingerprint density at radius 3 is 2.84 bits per heavy atom. The molecule has 2 atom stereocenters. The molecular weight excluding hydrogens is 518 g/mol. The number of aromatic nitrogens is 4. The molecule has 9 heteroatoms. The van der Waals surface area contributed by atoms with Gasteiger partial charge in [0.15, 0.2) is 16.8 Å². The van der Waals surface area contributed by atoms with Crippen LogP contribution in [-0.2, 0) is 12.5 Å². The lowest BCUT2D eigenvalue weighted by Crippen LogP contribution is -2.28. The van der Waals surface area contributed by atoms with Crippen molar-refractivity contribution in [1.82, 2.24) is 24.6 Å². The van der Waals surface area contributed by atoms with Crippen LogP contribution in [0.25, 0.3) is 22.3 Å². The van der Waals surface area contributed by atoms with Crippen LogP contribution in [0.15, 0.2) is 53.7 Å². The lowest BCUT2D eigenvalue weighted by atomic mass is 9.92. The lowest BCUT2D eigenvalue weighted by molar-refractivity contribution is 0.101. The molecule has 7 nitrogen and oxygen atoms in total. The van der Waals surface area contributed by atoms with E-state index in [2.05, 4.69) is 36.8 Å². The van der Waals surface area contributed by atoms with E-state index in [0.29, 0.717) is 11.5 Å². The number of phenols is 1. The molecular formula is C29H32ClN5O2S. The first kappa shape index (κ1) is 26.7. The van der Waals surface area contributed by atoms with Gasteiger partial charge in [0.25, 0.3) is 0 Å². The molecule has 0 radical (unpaired) electrons. The molecule has 3 heterocycles. The molecule has 0 spiro atoms. The molecule has 1 aliphatic carbocycles. The number of aromatic hydroxyl groups is 1. The molecule has 0 unspecified atom stereocenters. The Morgan fingerprint density at radius 1 is 1.18 bits per heavy atom. The van der Waals surface area contributed by atoms with Crippen molar-refractivity contribution in [3.05, 3.63) is 65.4 Å². The maximum Gasteiger partial charge on any atom is 0.191 e. The topological polar surface area (TPSA) is 84.1 Å². The minimum atomic E-state index is -0.0843. The van der Waals surface area contributed by atoms with Crippen molar-refractivity contribution >= 4 is 40.9 Å². The highest BCUT2D eigenvalue weighted by molar-refractivity contribution is 7.99. The van der Waals surface area contributed by atoms with Gasteiger partial charge in [-0.05, 0) is 69.0 Å². The fourth-order valence-electron chi connectivity index (χ4n) is 5.91. The number of Topliss-reactive ketones (excluding diaryl/α,β-unsaturated/α-hetero) is 1. The fourth-order valence-corrected chi connectivity index (χ4v) is 6.75. The third kappa shape index (κ3) is 4.70. The third-order valence-corrected chi connectivity index (χ3v) is 9.07. The van der Waals surface area contributed by atoms with E-state index < -0.39 is 0 Å². The molecule has 2 aromatic heterocycles. The number of pyridine rings is 1. The van der Waals surface area contributed by atoms with Crippen molar-refractivity contribution in [3.63, 3.8) is 0 Å². The number of aryl methyl sites for hydroxylation is 1. The van der Waals surface area contributed by atoms with Gasteiger partial charge in [-0.2, -0.15) is 0 Å². The summed E-state index contributed by atoms with van der Waals surface area (Å²) in [5.74, 6) is 2.48. The minimum absolute atomic E-state index is 0. The molecule has 4 aromatic rings. The number of rotatable bonds is 8. The number of phenolic OH excluding ortho intramolecular Hbond substituents is 1. The Bertz CT molecular complexity index is 1520. The number of hydrogen-bond acceptors (Lipinski definition) is 7. The van der Waals surface area contributed by atoms with E-state index in [9.17, 15) is 9.90 Å². The predicted octanol–water partition coefficient (Wildman–Crippen LogP) is 5.42. The monoisotopic (exact) mass is 549 g/mol. The summed E-state index contributed by atoms with van der Waals surface area (Å²) in [5.41, 5.74) is 4.81. The summed E-state index contributed by atoms with van der Waals surface area (Å²) < 4.78 is 2.08. The van der Waals surface area contributed by atoms with Crippen LogP contribution in [0.4, 0.5) is 0 Å². The van der Waals surface area contributed by atoms with Crippen LogP contribution in [0.1, 0.15) is 41.4 Å². The fraction of sp³-hybridized carbons (Fsp3) is 0.379. The predicted molar refractivity (Wildman–Crippen MR) is 153 cm³/mol. The van der Waals surface area contributed by atoms with Crippen LogP contribution in [0.5, 0.6) is 5.75 Å². The zero-order valence-corrected chi connectivity index (χ0v) is 23.5. The average Bonchev–Trinajstić information content (AvgIpc) is 3.25. The van der Waals surface area contributed by atoms with E-state index in [4.69, 9.17) is 0 Å². The minimum Gasteiger partial charge on any atom is -0.507 e. The first-order chi connectivity index (χ1) is 17.9. The maximum atomic E-state index is 11.9. The van der Waals surface area contributed by atoms with Crippen molar-refractivity contribution in [2.45, 2.75) is 37.3 Å². The zero-order valence-electron chi connectivity index (χ0n) is 21.8. The lowest BCUT2D eigenvalue weighted by Gasteiger charge is -2.21. The van der Waals surface area contributed by atoms with Crippen LogP contribution in [0.3, 0.4) is 0 Å². The number of hydrogen-bond donors (Lipinski definition) is 1. The molecule has 0 bridgehead atoms. The largest absolute Gasteiger partial charge is 0.507 e. The smallest absolute Gasteiger partial charge is 0.191 e. The number of fused-ring (bicyclic) bond motifs is 2. The second-order valence-electron chi connectivity index (χ2n) is 10.5. The Hall–Kier alpha value is -2.94. The summed E-state index contributed by atoms with van der Waals surface area (Å²) in [4.78, 5) is 19.1. The molecule has 2 fully saturated rings. The Morgan fingerprint density at radius 2 is 2.03 bits per heavy atom. The Kier molecular flexibility index (Phi) is 7.24. The maximum absolute atomic E-state index is 11.9. The van der Waals surface area contributed by atoms with Crippen LogP contribution < -0.4 is 0 Å². The van der Waals surface area contributed by atoms with E-state index in [1.165, 1.54) is 18.9 Å².